The average Bonchev–Trinajstić information content (AvgIpc) is 2.32. The highest BCUT2D eigenvalue weighted by molar-refractivity contribution is 9.10. The predicted octanol–water partition coefficient (Wildman–Crippen LogP) is 3.35. The number of halogens is 1. The number of hydrogen-bond acceptors (Lipinski definition) is 5. The quantitative estimate of drug-likeness (QED) is 0.903. The predicted molar refractivity (Wildman–Crippen MR) is 79.6 cm³/mol. The van der Waals surface area contributed by atoms with Crippen molar-refractivity contribution in [2.45, 2.75) is 13.8 Å². The highest BCUT2D eigenvalue weighted by atomic mass is 79.9. The number of aromatic nitrogens is 2. The van der Waals surface area contributed by atoms with Crippen LogP contribution in [0.3, 0.4) is 0 Å². The summed E-state index contributed by atoms with van der Waals surface area (Å²) in [4.78, 5) is 8.14. The molecule has 0 atom stereocenters. The molecule has 19 heavy (non-hydrogen) atoms. The van der Waals surface area contributed by atoms with Gasteiger partial charge in [0.2, 0.25) is 11.8 Å². The Hall–Kier alpha value is -1.82. The Morgan fingerprint density at radius 3 is 2.79 bits per heavy atom. The maximum Gasteiger partial charge on any atom is 0.226 e. The summed E-state index contributed by atoms with van der Waals surface area (Å²) in [5.74, 6) is 2.00. The zero-order valence-electron chi connectivity index (χ0n) is 10.8. The van der Waals surface area contributed by atoms with Gasteiger partial charge in [0.1, 0.15) is 11.6 Å². The van der Waals surface area contributed by atoms with Gasteiger partial charge in [0.05, 0.1) is 0 Å². The fourth-order valence-corrected chi connectivity index (χ4v) is 2.08. The van der Waals surface area contributed by atoms with Crippen molar-refractivity contribution in [1.29, 1.82) is 0 Å². The number of nitrogens with zero attached hydrogens (tertiary/aromatic N) is 2. The normalized spacial score (nSPS) is 10.3. The summed E-state index contributed by atoms with van der Waals surface area (Å²) in [6.07, 6.45) is 0. The van der Waals surface area contributed by atoms with Gasteiger partial charge >= 0.3 is 0 Å². The molecule has 1 aromatic heterocycles. The number of nitrogens with one attached hydrogen (secondary N) is 1. The first-order valence-corrected chi connectivity index (χ1v) is 6.70. The number of benzene rings is 1. The van der Waals surface area contributed by atoms with Crippen molar-refractivity contribution < 1.29 is 4.74 Å². The molecular formula is C13H15BrN4O. The van der Waals surface area contributed by atoms with E-state index in [2.05, 4.69) is 31.2 Å². The van der Waals surface area contributed by atoms with E-state index in [0.717, 1.165) is 22.3 Å². The summed E-state index contributed by atoms with van der Waals surface area (Å²) in [5.41, 5.74) is 6.67. The molecule has 0 radical (unpaired) electrons. The van der Waals surface area contributed by atoms with E-state index in [-0.39, 0.29) is 5.95 Å². The van der Waals surface area contributed by atoms with Gasteiger partial charge in [-0.2, -0.15) is 9.97 Å². The number of nitrogen functional groups attached to an aromatic ring is 1. The van der Waals surface area contributed by atoms with Gasteiger partial charge in [-0.1, -0.05) is 15.9 Å². The lowest BCUT2D eigenvalue weighted by Crippen LogP contribution is -2.04. The summed E-state index contributed by atoms with van der Waals surface area (Å²) in [7, 11) is 0. The molecule has 0 aliphatic carbocycles. The van der Waals surface area contributed by atoms with E-state index in [0.29, 0.717) is 11.7 Å². The van der Waals surface area contributed by atoms with E-state index in [1.807, 2.05) is 32.0 Å². The van der Waals surface area contributed by atoms with E-state index < -0.39 is 0 Å². The van der Waals surface area contributed by atoms with Crippen molar-refractivity contribution in [1.82, 2.24) is 9.97 Å². The van der Waals surface area contributed by atoms with Gasteiger partial charge in [0.15, 0.2) is 0 Å². The molecule has 2 rings (SSSR count). The van der Waals surface area contributed by atoms with Crippen molar-refractivity contribution in [3.05, 3.63) is 34.3 Å². The molecule has 1 heterocycles. The second kappa shape index (κ2) is 5.88. The number of aryl methyl sites for hydroxylation is 1. The lowest BCUT2D eigenvalue weighted by Gasteiger charge is -2.10. The Kier molecular flexibility index (Phi) is 4.21. The maximum atomic E-state index is 5.74. The topological polar surface area (TPSA) is 73.1 Å². The van der Waals surface area contributed by atoms with Crippen LogP contribution in [0.1, 0.15) is 12.5 Å². The summed E-state index contributed by atoms with van der Waals surface area (Å²) in [5, 5.41) is 3.08. The first-order valence-electron chi connectivity index (χ1n) is 5.91. The maximum absolute atomic E-state index is 5.74. The molecule has 2 aromatic rings. The first kappa shape index (κ1) is 13.6. The zero-order valence-corrected chi connectivity index (χ0v) is 12.4. The number of rotatable bonds is 4. The van der Waals surface area contributed by atoms with E-state index in [1.54, 1.807) is 6.07 Å². The summed E-state index contributed by atoms with van der Waals surface area (Å²) >= 11 is 3.41. The molecule has 0 unspecified atom stereocenters. The van der Waals surface area contributed by atoms with Crippen LogP contribution in [-0.4, -0.2) is 16.5 Å². The van der Waals surface area contributed by atoms with Gasteiger partial charge in [-0.3, -0.25) is 0 Å². The standard InChI is InChI=1S/C13H15BrN4O/c1-3-16-11-7-12(18-13(15)17-11)19-10-5-4-9(14)6-8(10)2/h4-7H,3H2,1-2H3,(H3,15,16,17,18). The third-order valence-electron chi connectivity index (χ3n) is 2.43. The molecule has 0 bridgehead atoms. The minimum absolute atomic E-state index is 0.184. The van der Waals surface area contributed by atoms with E-state index in [9.17, 15) is 0 Å². The van der Waals surface area contributed by atoms with Crippen LogP contribution in [0.4, 0.5) is 11.8 Å². The number of ether oxygens (including phenoxy) is 1. The van der Waals surface area contributed by atoms with E-state index >= 15 is 0 Å². The Morgan fingerprint density at radius 1 is 1.32 bits per heavy atom. The minimum Gasteiger partial charge on any atom is -0.439 e. The second-order valence-corrected chi connectivity index (χ2v) is 4.91. The van der Waals surface area contributed by atoms with Gasteiger partial charge in [0, 0.05) is 17.1 Å². The van der Waals surface area contributed by atoms with Crippen LogP contribution >= 0.6 is 15.9 Å². The lowest BCUT2D eigenvalue weighted by molar-refractivity contribution is 0.459. The Balaban J connectivity index is 2.27. The van der Waals surface area contributed by atoms with Crippen molar-refractivity contribution in [3.8, 4) is 11.6 Å². The average molecular weight is 323 g/mol. The summed E-state index contributed by atoms with van der Waals surface area (Å²) in [6.45, 7) is 4.71. The van der Waals surface area contributed by atoms with Gasteiger partial charge in [-0.15, -0.1) is 0 Å². The highest BCUT2D eigenvalue weighted by Crippen LogP contribution is 2.27. The summed E-state index contributed by atoms with van der Waals surface area (Å²) < 4.78 is 6.75. The Labute approximate surface area is 120 Å². The molecule has 1 aromatic carbocycles. The largest absolute Gasteiger partial charge is 0.439 e. The molecule has 6 heteroatoms. The van der Waals surface area contributed by atoms with Crippen molar-refractivity contribution in [2.24, 2.45) is 0 Å². The second-order valence-electron chi connectivity index (χ2n) is 3.99. The molecule has 5 nitrogen and oxygen atoms in total. The number of anilines is 2. The molecule has 0 aliphatic heterocycles. The van der Waals surface area contributed by atoms with Crippen LogP contribution in [0.2, 0.25) is 0 Å². The summed E-state index contributed by atoms with van der Waals surface area (Å²) in [6, 6.07) is 7.50. The van der Waals surface area contributed by atoms with Crippen molar-refractivity contribution >= 4 is 27.7 Å². The molecular weight excluding hydrogens is 308 g/mol. The van der Waals surface area contributed by atoms with E-state index in [1.165, 1.54) is 0 Å². The van der Waals surface area contributed by atoms with Crippen LogP contribution in [0, 0.1) is 6.92 Å². The van der Waals surface area contributed by atoms with E-state index in [4.69, 9.17) is 10.5 Å². The SMILES string of the molecule is CCNc1cc(Oc2ccc(Br)cc2C)nc(N)n1. The highest BCUT2D eigenvalue weighted by Gasteiger charge is 2.06. The Bertz CT molecular complexity index is 589. The van der Waals surface area contributed by atoms with Crippen molar-refractivity contribution in [2.75, 3.05) is 17.6 Å². The van der Waals surface area contributed by atoms with Gasteiger partial charge in [0.25, 0.3) is 0 Å². The fourth-order valence-electron chi connectivity index (χ4n) is 1.61. The minimum atomic E-state index is 0.184. The van der Waals surface area contributed by atoms with Crippen LogP contribution in [0.15, 0.2) is 28.7 Å². The van der Waals surface area contributed by atoms with Crippen LogP contribution in [0.5, 0.6) is 11.6 Å². The monoisotopic (exact) mass is 322 g/mol. The first-order chi connectivity index (χ1) is 9.08. The zero-order chi connectivity index (χ0) is 13.8. The van der Waals surface area contributed by atoms with Gasteiger partial charge in [-0.25, -0.2) is 0 Å². The molecule has 0 spiro atoms. The smallest absolute Gasteiger partial charge is 0.226 e. The molecule has 0 amide bonds. The molecule has 0 fully saturated rings. The fraction of sp³-hybridized carbons (Fsp3) is 0.231. The van der Waals surface area contributed by atoms with Crippen LogP contribution in [0.25, 0.3) is 0 Å². The molecule has 100 valence electrons. The third-order valence-corrected chi connectivity index (χ3v) is 2.92. The number of nitrogens with two attached hydrogens (primary N) is 1. The molecule has 0 saturated carbocycles. The van der Waals surface area contributed by atoms with Crippen LogP contribution in [-0.2, 0) is 0 Å². The molecule has 0 saturated heterocycles. The van der Waals surface area contributed by atoms with Crippen LogP contribution < -0.4 is 15.8 Å². The third kappa shape index (κ3) is 3.57. The molecule has 0 aliphatic rings. The van der Waals surface area contributed by atoms with Crippen molar-refractivity contribution in [3.63, 3.8) is 0 Å². The number of hydrogen-bond donors (Lipinski definition) is 2. The Morgan fingerprint density at radius 2 is 2.11 bits per heavy atom. The van der Waals surface area contributed by atoms with Gasteiger partial charge in [-0.05, 0) is 37.6 Å². The molecule has 3 N–H and O–H groups in total. The van der Waals surface area contributed by atoms with Gasteiger partial charge < -0.3 is 15.8 Å². The lowest BCUT2D eigenvalue weighted by atomic mass is 10.2.